The fourth-order valence-corrected chi connectivity index (χ4v) is 11.9. The third-order valence-electron chi connectivity index (χ3n) is 17.7. The monoisotopic (exact) mass is 1230 g/mol. The minimum absolute atomic E-state index is 0.0611. The second kappa shape index (κ2) is 78.3. The molecule has 1 N–H and O–H groups in total. The van der Waals surface area contributed by atoms with Crippen molar-refractivity contribution in [3.63, 3.8) is 0 Å². The molecular formula is C83H150O5. The Morgan fingerprint density at radius 2 is 0.489 bits per heavy atom. The van der Waals surface area contributed by atoms with Crippen molar-refractivity contribution < 1.29 is 24.2 Å². The first-order valence-electron chi connectivity index (χ1n) is 39.1. The number of aliphatic hydroxyl groups excluding tert-OH is 1. The summed E-state index contributed by atoms with van der Waals surface area (Å²) in [5, 5.41) is 9.73. The van der Waals surface area contributed by atoms with Crippen LogP contribution >= 0.6 is 0 Å². The van der Waals surface area contributed by atoms with Crippen molar-refractivity contribution in [1.82, 2.24) is 0 Å². The zero-order chi connectivity index (χ0) is 63.3. The summed E-state index contributed by atoms with van der Waals surface area (Å²) in [7, 11) is 0. The highest BCUT2D eigenvalue weighted by Gasteiger charge is 2.16. The molecule has 1 atom stereocenters. The zero-order valence-electron chi connectivity index (χ0n) is 59.0. The van der Waals surface area contributed by atoms with Crippen LogP contribution in [0.2, 0.25) is 0 Å². The van der Waals surface area contributed by atoms with E-state index in [1.165, 1.54) is 308 Å². The molecule has 5 heteroatoms. The number of ether oxygens (including phenoxy) is 2. The molecule has 0 rings (SSSR count). The quantitative estimate of drug-likeness (QED) is 0.0373. The van der Waals surface area contributed by atoms with Gasteiger partial charge in [0.15, 0.2) is 6.10 Å². The molecule has 0 aliphatic heterocycles. The molecule has 0 aromatic rings. The Bertz CT molecular complexity index is 1580. The van der Waals surface area contributed by atoms with Crippen LogP contribution in [0.15, 0.2) is 85.1 Å². The molecule has 0 aliphatic rings. The number of aliphatic hydroxyl groups is 1. The Morgan fingerprint density at radius 1 is 0.273 bits per heavy atom. The SMILES string of the molecule is CC/C=C\C/C=C\C/C=C\C/C=C\C/C=C\C/C=C\C/C=C\CCCCCCCCCCCCCCCCCCCCCC(=O)OC(CO)COC(=O)CCCCCCCCCCCCCCCCCCCCCCCCCCCCCCCCCCC. The van der Waals surface area contributed by atoms with E-state index in [0.717, 1.165) is 77.0 Å². The van der Waals surface area contributed by atoms with Gasteiger partial charge in [-0.2, -0.15) is 0 Å². The van der Waals surface area contributed by atoms with E-state index in [4.69, 9.17) is 9.47 Å². The third-order valence-corrected chi connectivity index (χ3v) is 17.7. The highest BCUT2D eigenvalue weighted by molar-refractivity contribution is 5.70. The van der Waals surface area contributed by atoms with Crippen LogP contribution < -0.4 is 0 Å². The summed E-state index contributed by atoms with van der Waals surface area (Å²) < 4.78 is 10.8. The van der Waals surface area contributed by atoms with Gasteiger partial charge in [-0.05, 0) is 70.6 Å². The van der Waals surface area contributed by atoms with Gasteiger partial charge in [-0.1, -0.05) is 414 Å². The van der Waals surface area contributed by atoms with Crippen molar-refractivity contribution in [1.29, 1.82) is 0 Å². The van der Waals surface area contributed by atoms with E-state index in [9.17, 15) is 14.7 Å². The van der Waals surface area contributed by atoms with Crippen molar-refractivity contribution in [2.24, 2.45) is 0 Å². The molecule has 0 radical (unpaired) electrons. The number of rotatable bonds is 73. The maximum absolute atomic E-state index is 12.4. The van der Waals surface area contributed by atoms with Crippen LogP contribution in [-0.4, -0.2) is 36.4 Å². The van der Waals surface area contributed by atoms with Gasteiger partial charge in [0.1, 0.15) is 6.61 Å². The molecule has 0 aromatic heterocycles. The van der Waals surface area contributed by atoms with Crippen LogP contribution in [0.3, 0.4) is 0 Å². The largest absolute Gasteiger partial charge is 0.462 e. The van der Waals surface area contributed by atoms with Crippen LogP contribution in [-0.2, 0) is 19.1 Å². The van der Waals surface area contributed by atoms with Gasteiger partial charge in [-0.3, -0.25) is 9.59 Å². The topological polar surface area (TPSA) is 72.8 Å². The first-order chi connectivity index (χ1) is 43.6. The van der Waals surface area contributed by atoms with Crippen LogP contribution in [0, 0.1) is 0 Å². The number of unbranched alkanes of at least 4 members (excludes halogenated alkanes) is 51. The molecule has 512 valence electrons. The van der Waals surface area contributed by atoms with Crippen LogP contribution in [0.5, 0.6) is 0 Å². The number of carbonyl (C=O) groups is 2. The average Bonchev–Trinajstić information content (AvgIpc) is 3.56. The molecule has 1 unspecified atom stereocenters. The molecular weight excluding hydrogens is 1080 g/mol. The van der Waals surface area contributed by atoms with Gasteiger partial charge in [0.25, 0.3) is 0 Å². The maximum atomic E-state index is 12.4. The summed E-state index contributed by atoms with van der Waals surface area (Å²) in [4.78, 5) is 24.7. The van der Waals surface area contributed by atoms with E-state index in [0.29, 0.717) is 12.8 Å². The van der Waals surface area contributed by atoms with E-state index < -0.39 is 6.10 Å². The van der Waals surface area contributed by atoms with E-state index in [2.05, 4.69) is 98.9 Å². The Balaban J connectivity index is 3.40. The Kier molecular flexibility index (Phi) is 75.7. The molecule has 88 heavy (non-hydrogen) atoms. The summed E-state index contributed by atoms with van der Waals surface area (Å²) >= 11 is 0. The summed E-state index contributed by atoms with van der Waals surface area (Å²) in [6, 6.07) is 0. The predicted molar refractivity (Wildman–Crippen MR) is 390 cm³/mol. The zero-order valence-corrected chi connectivity index (χ0v) is 59.0. The predicted octanol–water partition coefficient (Wildman–Crippen LogP) is 27.6. The molecule has 0 spiro atoms. The highest BCUT2D eigenvalue weighted by Crippen LogP contribution is 2.20. The molecule has 5 nitrogen and oxygen atoms in total. The van der Waals surface area contributed by atoms with Crippen molar-refractivity contribution >= 4 is 11.9 Å². The lowest BCUT2D eigenvalue weighted by molar-refractivity contribution is -0.161. The lowest BCUT2D eigenvalue weighted by Gasteiger charge is -2.15. The fraction of sp³-hybridized carbons (Fsp3) is 0.807. The molecule has 0 heterocycles. The normalized spacial score (nSPS) is 12.6. The standard InChI is InChI=1S/C83H150O5/c1-3-5-7-9-11-13-15-17-19-21-23-25-27-29-31-33-35-37-38-39-40-41-42-43-44-46-48-50-52-54-56-58-60-62-64-66-68-70-72-74-76-78-83(86)88-81(79-84)80-87-82(85)77-75-73-71-69-67-65-63-61-59-57-55-53-51-49-47-45-36-34-32-30-28-26-24-22-20-18-16-14-12-10-8-6-4-2/h5,7,11,13,17,19,23,25,29,31,35,37,39-40,81,84H,3-4,6,8-10,12,14-16,18,20-22,24,26-28,30,32-34,36,38,41-80H2,1-2H3/b7-5-,13-11-,19-17-,25-23-,31-29-,37-35-,40-39-. The molecule has 0 bridgehead atoms. The van der Waals surface area contributed by atoms with Gasteiger partial charge >= 0.3 is 11.9 Å². The van der Waals surface area contributed by atoms with Crippen LogP contribution in [0.4, 0.5) is 0 Å². The van der Waals surface area contributed by atoms with Crippen molar-refractivity contribution in [3.8, 4) is 0 Å². The van der Waals surface area contributed by atoms with Crippen molar-refractivity contribution in [2.75, 3.05) is 13.2 Å². The number of allylic oxidation sites excluding steroid dienone is 14. The smallest absolute Gasteiger partial charge is 0.306 e. The number of carbonyl (C=O) groups excluding carboxylic acids is 2. The van der Waals surface area contributed by atoms with Gasteiger partial charge < -0.3 is 14.6 Å². The molecule has 0 saturated heterocycles. The lowest BCUT2D eigenvalue weighted by Crippen LogP contribution is -2.28. The molecule has 0 aliphatic carbocycles. The highest BCUT2D eigenvalue weighted by atomic mass is 16.6. The molecule has 0 amide bonds. The lowest BCUT2D eigenvalue weighted by atomic mass is 10.0. The van der Waals surface area contributed by atoms with Gasteiger partial charge in [0.2, 0.25) is 0 Å². The summed E-state index contributed by atoms with van der Waals surface area (Å²) in [5.74, 6) is -0.568. The van der Waals surface area contributed by atoms with Crippen LogP contribution in [0.1, 0.15) is 412 Å². The first-order valence-corrected chi connectivity index (χ1v) is 39.1. The molecule has 0 saturated carbocycles. The summed E-state index contributed by atoms with van der Waals surface area (Å²) in [6.45, 7) is 4.09. The summed E-state index contributed by atoms with van der Waals surface area (Å²) in [6.07, 6.45) is 111. The Morgan fingerprint density at radius 3 is 0.739 bits per heavy atom. The van der Waals surface area contributed by atoms with Gasteiger partial charge in [0.05, 0.1) is 6.61 Å². The third kappa shape index (κ3) is 75.5. The molecule has 0 fully saturated rings. The van der Waals surface area contributed by atoms with E-state index in [-0.39, 0.29) is 25.2 Å². The molecule has 0 aromatic carbocycles. The Hall–Kier alpha value is -2.92. The van der Waals surface area contributed by atoms with Crippen LogP contribution in [0.25, 0.3) is 0 Å². The van der Waals surface area contributed by atoms with E-state index in [1.807, 2.05) is 0 Å². The second-order valence-corrected chi connectivity index (χ2v) is 26.4. The van der Waals surface area contributed by atoms with Gasteiger partial charge in [-0.25, -0.2) is 0 Å². The second-order valence-electron chi connectivity index (χ2n) is 26.4. The van der Waals surface area contributed by atoms with E-state index in [1.54, 1.807) is 0 Å². The van der Waals surface area contributed by atoms with Crippen molar-refractivity contribution in [3.05, 3.63) is 85.1 Å². The fourth-order valence-electron chi connectivity index (χ4n) is 11.9. The Labute approximate surface area is 549 Å². The van der Waals surface area contributed by atoms with Crippen molar-refractivity contribution in [2.45, 2.75) is 418 Å². The summed E-state index contributed by atoms with van der Waals surface area (Å²) in [5.41, 5.74) is 0. The van der Waals surface area contributed by atoms with Gasteiger partial charge in [0, 0.05) is 12.8 Å². The number of hydrogen-bond acceptors (Lipinski definition) is 5. The first kappa shape index (κ1) is 85.1. The maximum Gasteiger partial charge on any atom is 0.306 e. The number of hydrogen-bond donors (Lipinski definition) is 1. The average molecular weight is 1230 g/mol. The minimum atomic E-state index is -0.773. The minimum Gasteiger partial charge on any atom is -0.462 e. The van der Waals surface area contributed by atoms with E-state index >= 15 is 0 Å². The number of esters is 2. The van der Waals surface area contributed by atoms with Gasteiger partial charge in [-0.15, -0.1) is 0 Å².